The van der Waals surface area contributed by atoms with E-state index in [0.717, 1.165) is 24.8 Å². The molecule has 0 aromatic rings. The smallest absolute Gasteiger partial charge is 0.155 e. The molecule has 1 nitrogen and oxygen atoms in total. The minimum atomic E-state index is 0.226. The van der Waals surface area contributed by atoms with Gasteiger partial charge in [0.15, 0.2) is 5.78 Å². The number of hydrogen-bond acceptors (Lipinski definition) is 1. The fourth-order valence-electron chi connectivity index (χ4n) is 0.938. The fraction of sp³-hybridized carbons (Fsp3) is 0.667. The maximum atomic E-state index is 10.9. The summed E-state index contributed by atoms with van der Waals surface area (Å²) in [7, 11) is 0. The largest absolute Gasteiger partial charge is 0.295 e. The molecule has 0 spiro atoms. The Labute approximate surface area is 63.1 Å². The fourth-order valence-corrected chi connectivity index (χ4v) is 0.938. The highest BCUT2D eigenvalue weighted by molar-refractivity contribution is 5.93. The van der Waals surface area contributed by atoms with Crippen molar-refractivity contribution in [3.8, 4) is 0 Å². The van der Waals surface area contributed by atoms with Gasteiger partial charge < -0.3 is 0 Å². The molecule has 0 aliphatic heterocycles. The van der Waals surface area contributed by atoms with E-state index in [9.17, 15) is 4.79 Å². The quantitative estimate of drug-likeness (QED) is 0.549. The maximum absolute atomic E-state index is 10.9. The van der Waals surface area contributed by atoms with E-state index in [4.69, 9.17) is 0 Å². The molecule has 0 atom stereocenters. The van der Waals surface area contributed by atoms with Crippen molar-refractivity contribution in [2.24, 2.45) is 0 Å². The normalized spacial score (nSPS) is 11.7. The van der Waals surface area contributed by atoms with Gasteiger partial charge in [0, 0.05) is 0 Å². The first-order valence-corrected chi connectivity index (χ1v) is 3.92. The van der Waals surface area contributed by atoms with Crippen molar-refractivity contribution in [1.82, 2.24) is 0 Å². The van der Waals surface area contributed by atoms with Crippen molar-refractivity contribution < 1.29 is 4.79 Å². The molecule has 0 aromatic carbocycles. The molecular weight excluding hydrogens is 124 g/mol. The second kappa shape index (κ2) is 5.21. The summed E-state index contributed by atoms with van der Waals surface area (Å²) in [5, 5.41) is 0. The predicted octanol–water partition coefficient (Wildman–Crippen LogP) is 2.71. The van der Waals surface area contributed by atoms with Crippen LogP contribution in [-0.4, -0.2) is 5.78 Å². The number of ketones is 1. The molecule has 0 amide bonds. The number of carbonyl (C=O) groups excluding carboxylic acids is 1. The van der Waals surface area contributed by atoms with Gasteiger partial charge in [0.05, 0.1) is 0 Å². The summed E-state index contributed by atoms with van der Waals surface area (Å²) < 4.78 is 0. The molecule has 0 aliphatic carbocycles. The summed E-state index contributed by atoms with van der Waals surface area (Å²) in [4.78, 5) is 10.9. The van der Waals surface area contributed by atoms with Gasteiger partial charge in [-0.1, -0.05) is 26.3 Å². The van der Waals surface area contributed by atoms with Gasteiger partial charge in [0.1, 0.15) is 0 Å². The molecule has 0 unspecified atom stereocenters. The lowest BCUT2D eigenvalue weighted by atomic mass is 10.1. The van der Waals surface area contributed by atoms with E-state index in [2.05, 4.69) is 13.8 Å². The minimum Gasteiger partial charge on any atom is -0.295 e. The zero-order valence-corrected chi connectivity index (χ0v) is 7.11. The highest BCUT2D eigenvalue weighted by Crippen LogP contribution is 2.06. The summed E-state index contributed by atoms with van der Waals surface area (Å²) in [5.41, 5.74) is 0.991. The van der Waals surface area contributed by atoms with E-state index in [0.29, 0.717) is 0 Å². The summed E-state index contributed by atoms with van der Waals surface area (Å²) >= 11 is 0. The van der Waals surface area contributed by atoms with Crippen LogP contribution in [0, 0.1) is 0 Å². The third kappa shape index (κ3) is 3.44. The first kappa shape index (κ1) is 9.41. The van der Waals surface area contributed by atoms with Gasteiger partial charge in [0.2, 0.25) is 0 Å². The molecule has 0 aromatic heterocycles. The zero-order chi connectivity index (χ0) is 7.98. The lowest BCUT2D eigenvalue weighted by molar-refractivity contribution is -0.113. The Bertz CT molecular complexity index is 134. The molecule has 1 heteroatoms. The number of rotatable bonds is 4. The van der Waals surface area contributed by atoms with Crippen LogP contribution in [0.1, 0.15) is 40.0 Å². The van der Waals surface area contributed by atoms with Crippen LogP contribution in [0.5, 0.6) is 0 Å². The second-order valence-corrected chi connectivity index (χ2v) is 2.44. The van der Waals surface area contributed by atoms with Crippen LogP contribution in [0.15, 0.2) is 11.6 Å². The molecular formula is C9H16O. The second-order valence-electron chi connectivity index (χ2n) is 2.44. The molecule has 0 rings (SSSR count). The average Bonchev–Trinajstić information content (AvgIpc) is 1.87. The van der Waals surface area contributed by atoms with Crippen LogP contribution in [0.3, 0.4) is 0 Å². The van der Waals surface area contributed by atoms with E-state index in [-0.39, 0.29) is 5.78 Å². The van der Waals surface area contributed by atoms with Crippen molar-refractivity contribution in [3.63, 3.8) is 0 Å². The third-order valence-electron chi connectivity index (χ3n) is 1.42. The molecule has 0 radical (unpaired) electrons. The van der Waals surface area contributed by atoms with Crippen molar-refractivity contribution in [1.29, 1.82) is 0 Å². The Hall–Kier alpha value is -0.590. The minimum absolute atomic E-state index is 0.226. The van der Waals surface area contributed by atoms with Crippen LogP contribution in [0.25, 0.3) is 0 Å². The summed E-state index contributed by atoms with van der Waals surface area (Å²) in [6.45, 7) is 5.78. The first-order valence-electron chi connectivity index (χ1n) is 3.92. The summed E-state index contributed by atoms with van der Waals surface area (Å²) in [6, 6.07) is 0. The molecule has 0 heterocycles. The highest BCUT2D eigenvalue weighted by atomic mass is 16.1. The molecule has 10 heavy (non-hydrogen) atoms. The number of allylic oxidation sites excluding steroid dienone is 2. The van der Waals surface area contributed by atoms with E-state index in [1.807, 2.05) is 6.08 Å². The lowest BCUT2D eigenvalue weighted by Crippen LogP contribution is -1.95. The number of hydrogen-bond donors (Lipinski definition) is 0. The summed E-state index contributed by atoms with van der Waals surface area (Å²) in [5.74, 6) is 0.226. The number of Topliss-reactive ketones (excluding diaryl/α,β-unsaturated/α-hetero) is 1. The van der Waals surface area contributed by atoms with E-state index >= 15 is 0 Å². The van der Waals surface area contributed by atoms with Crippen molar-refractivity contribution in [3.05, 3.63) is 11.6 Å². The molecule has 0 N–H and O–H groups in total. The Kier molecular flexibility index (Phi) is 4.91. The van der Waals surface area contributed by atoms with Gasteiger partial charge in [-0.2, -0.15) is 0 Å². The standard InChI is InChI=1S/C9H16O/c1-4-6-9(7-5-2)8(3)10/h6H,4-5,7H2,1-3H3. The molecule has 0 saturated carbocycles. The van der Waals surface area contributed by atoms with Gasteiger partial charge in [-0.15, -0.1) is 0 Å². The van der Waals surface area contributed by atoms with Gasteiger partial charge in [-0.25, -0.2) is 0 Å². The molecule has 0 fully saturated rings. The van der Waals surface area contributed by atoms with Crippen molar-refractivity contribution in [2.75, 3.05) is 0 Å². The third-order valence-corrected chi connectivity index (χ3v) is 1.42. The van der Waals surface area contributed by atoms with Crippen LogP contribution < -0.4 is 0 Å². The highest BCUT2D eigenvalue weighted by Gasteiger charge is 1.99. The topological polar surface area (TPSA) is 17.1 Å². The lowest BCUT2D eigenvalue weighted by Gasteiger charge is -1.98. The van der Waals surface area contributed by atoms with Gasteiger partial charge in [-0.05, 0) is 25.3 Å². The first-order chi connectivity index (χ1) is 4.72. The Balaban J connectivity index is 3.98. The van der Waals surface area contributed by atoms with Gasteiger partial charge in [-0.3, -0.25) is 4.79 Å². The van der Waals surface area contributed by atoms with E-state index < -0.39 is 0 Å². The SMILES string of the molecule is CCC=C(CCC)C(C)=O. The Morgan fingerprint density at radius 3 is 2.30 bits per heavy atom. The van der Waals surface area contributed by atoms with Crippen LogP contribution in [0.4, 0.5) is 0 Å². The van der Waals surface area contributed by atoms with E-state index in [1.165, 1.54) is 0 Å². The molecule has 58 valence electrons. The Morgan fingerprint density at radius 2 is 2.00 bits per heavy atom. The zero-order valence-electron chi connectivity index (χ0n) is 7.11. The monoisotopic (exact) mass is 140 g/mol. The average molecular weight is 140 g/mol. The molecule has 0 aliphatic rings. The van der Waals surface area contributed by atoms with Gasteiger partial charge >= 0.3 is 0 Å². The summed E-state index contributed by atoms with van der Waals surface area (Å²) in [6.07, 6.45) is 4.98. The van der Waals surface area contributed by atoms with Crippen LogP contribution in [0.2, 0.25) is 0 Å². The van der Waals surface area contributed by atoms with E-state index in [1.54, 1.807) is 6.92 Å². The molecule has 0 saturated heterocycles. The van der Waals surface area contributed by atoms with Gasteiger partial charge in [0.25, 0.3) is 0 Å². The Morgan fingerprint density at radius 1 is 1.40 bits per heavy atom. The van der Waals surface area contributed by atoms with Crippen molar-refractivity contribution >= 4 is 5.78 Å². The molecule has 0 bridgehead atoms. The van der Waals surface area contributed by atoms with Crippen molar-refractivity contribution in [2.45, 2.75) is 40.0 Å². The van der Waals surface area contributed by atoms with Crippen LogP contribution in [-0.2, 0) is 4.79 Å². The van der Waals surface area contributed by atoms with Crippen LogP contribution >= 0.6 is 0 Å². The maximum Gasteiger partial charge on any atom is 0.155 e. The predicted molar refractivity (Wildman–Crippen MR) is 44.0 cm³/mol. The number of carbonyl (C=O) groups is 1.